The molecule has 0 bridgehead atoms. The maximum Gasteiger partial charge on any atom is 0.251 e. The molecule has 0 fully saturated rings. The van der Waals surface area contributed by atoms with Crippen molar-refractivity contribution in [3.8, 4) is 5.75 Å². The number of carbonyl (C=O) groups excluding carboxylic acids is 1. The third kappa shape index (κ3) is 8.92. The molecule has 1 unspecified atom stereocenters. The molecule has 1 rings (SSSR count). The lowest BCUT2D eigenvalue weighted by Crippen LogP contribution is -2.32. The van der Waals surface area contributed by atoms with Crippen molar-refractivity contribution in [2.24, 2.45) is 5.11 Å². The molecule has 0 saturated carbocycles. The molecule has 0 heterocycles. The molecule has 0 saturated heterocycles. The third-order valence-electron chi connectivity index (χ3n) is 3.08. The van der Waals surface area contributed by atoms with Gasteiger partial charge in [-0.2, -0.15) is 0 Å². The summed E-state index contributed by atoms with van der Waals surface area (Å²) in [6.45, 7) is 4.10. The van der Waals surface area contributed by atoms with Gasteiger partial charge in [-0.15, -0.1) is 0 Å². The van der Waals surface area contributed by atoms with Crippen LogP contribution in [0.5, 0.6) is 5.75 Å². The van der Waals surface area contributed by atoms with Crippen molar-refractivity contribution in [1.29, 1.82) is 0 Å². The predicted molar refractivity (Wildman–Crippen MR) is 93.4 cm³/mol. The van der Waals surface area contributed by atoms with E-state index in [2.05, 4.69) is 27.6 Å². The Morgan fingerprint density at radius 2 is 2.24 bits per heavy atom. The highest BCUT2D eigenvalue weighted by Crippen LogP contribution is 2.14. The molecule has 1 atom stereocenters. The van der Waals surface area contributed by atoms with E-state index in [-0.39, 0.29) is 25.7 Å². The number of aliphatic hydroxyl groups excluding tert-OH is 1. The number of carbonyl (C=O) groups is 1. The molecular formula is C16H25N5O4. The molecule has 0 aromatic heterocycles. The number of amides is 1. The Hall–Kier alpha value is -2.32. The average Bonchev–Trinajstić information content (AvgIpc) is 2.64. The summed E-state index contributed by atoms with van der Waals surface area (Å²) in [6, 6.07) is 6.69. The van der Waals surface area contributed by atoms with E-state index in [1.54, 1.807) is 24.3 Å². The highest BCUT2D eigenvalue weighted by Gasteiger charge is 2.10. The number of hydrogen-bond acceptors (Lipinski definition) is 6. The minimum atomic E-state index is -0.848. The van der Waals surface area contributed by atoms with Gasteiger partial charge in [-0.25, -0.2) is 0 Å². The molecule has 25 heavy (non-hydrogen) atoms. The molecule has 1 amide bonds. The molecule has 3 N–H and O–H groups in total. The molecule has 9 heteroatoms. The number of hydrogen-bond donors (Lipinski definition) is 3. The Labute approximate surface area is 146 Å². The molecule has 1 aromatic rings. The van der Waals surface area contributed by atoms with Gasteiger partial charge in [0.25, 0.3) is 5.91 Å². The zero-order valence-corrected chi connectivity index (χ0v) is 14.4. The topological polar surface area (TPSA) is 129 Å². The average molecular weight is 351 g/mol. The Kier molecular flexibility index (Phi) is 10.8. The molecule has 1 aromatic carbocycles. The van der Waals surface area contributed by atoms with Gasteiger partial charge in [0.1, 0.15) is 12.4 Å². The summed E-state index contributed by atoms with van der Waals surface area (Å²) in [7, 11) is 0. The normalized spacial score (nSPS) is 11.4. The van der Waals surface area contributed by atoms with Crippen molar-refractivity contribution >= 4 is 5.91 Å². The van der Waals surface area contributed by atoms with Crippen molar-refractivity contribution in [3.63, 3.8) is 0 Å². The summed E-state index contributed by atoms with van der Waals surface area (Å²) >= 11 is 0. The van der Waals surface area contributed by atoms with Crippen molar-refractivity contribution in [1.82, 2.24) is 10.6 Å². The van der Waals surface area contributed by atoms with Crippen LogP contribution < -0.4 is 15.4 Å². The van der Waals surface area contributed by atoms with Gasteiger partial charge in [-0.3, -0.25) is 4.79 Å². The summed E-state index contributed by atoms with van der Waals surface area (Å²) in [4.78, 5) is 14.8. The van der Waals surface area contributed by atoms with Crippen LogP contribution in [0.1, 0.15) is 23.7 Å². The van der Waals surface area contributed by atoms with Gasteiger partial charge in [0, 0.05) is 23.6 Å². The van der Waals surface area contributed by atoms with Crippen LogP contribution in [-0.4, -0.2) is 56.7 Å². The van der Waals surface area contributed by atoms with E-state index in [4.69, 9.17) is 20.1 Å². The van der Waals surface area contributed by atoms with Crippen LogP contribution in [0.15, 0.2) is 29.4 Å². The molecule has 0 radical (unpaired) electrons. The number of aliphatic hydroxyl groups is 1. The molecule has 0 aliphatic rings. The summed E-state index contributed by atoms with van der Waals surface area (Å²) in [6.07, 6.45) is 0.200. The number of nitrogens with zero attached hydrogens (tertiary/aromatic N) is 3. The second kappa shape index (κ2) is 13.0. The zero-order chi connectivity index (χ0) is 18.3. The minimum Gasteiger partial charge on any atom is -0.491 e. The molecule has 0 spiro atoms. The molecule has 0 aliphatic heterocycles. The Morgan fingerprint density at radius 3 is 2.96 bits per heavy atom. The van der Waals surface area contributed by atoms with E-state index in [0.29, 0.717) is 24.4 Å². The number of azide groups is 1. The van der Waals surface area contributed by atoms with Gasteiger partial charge >= 0.3 is 0 Å². The van der Waals surface area contributed by atoms with Crippen LogP contribution in [0.2, 0.25) is 0 Å². The Balaban J connectivity index is 2.50. The second-order valence-electron chi connectivity index (χ2n) is 5.10. The first-order valence-corrected chi connectivity index (χ1v) is 8.19. The standard InChI is InChI=1S/C16H25N5O4/c1-2-6-18-7-8-19-16(23)13-4-3-5-14(11-13)25-12-15(20-21-17)24-10-9-22/h3-5,11,15,18,22H,2,6-10,12H2,1H3,(H,19,23). The first kappa shape index (κ1) is 20.7. The monoisotopic (exact) mass is 351 g/mol. The molecule has 138 valence electrons. The smallest absolute Gasteiger partial charge is 0.251 e. The summed E-state index contributed by atoms with van der Waals surface area (Å²) < 4.78 is 10.6. The Bertz CT molecular complexity index is 563. The fourth-order valence-corrected chi connectivity index (χ4v) is 1.92. The van der Waals surface area contributed by atoms with E-state index in [1.165, 1.54) is 0 Å². The van der Waals surface area contributed by atoms with Gasteiger partial charge in [0.2, 0.25) is 0 Å². The van der Waals surface area contributed by atoms with Gasteiger partial charge < -0.3 is 25.2 Å². The first-order valence-electron chi connectivity index (χ1n) is 8.19. The molecular weight excluding hydrogens is 326 g/mol. The second-order valence-corrected chi connectivity index (χ2v) is 5.10. The minimum absolute atomic E-state index is 0.0178. The van der Waals surface area contributed by atoms with Gasteiger partial charge in [-0.1, -0.05) is 18.1 Å². The van der Waals surface area contributed by atoms with Crippen LogP contribution in [0, 0.1) is 0 Å². The van der Waals surface area contributed by atoms with E-state index in [9.17, 15) is 4.79 Å². The lowest BCUT2D eigenvalue weighted by atomic mass is 10.2. The van der Waals surface area contributed by atoms with Crippen LogP contribution >= 0.6 is 0 Å². The summed E-state index contributed by atoms with van der Waals surface area (Å²) in [5, 5.41) is 18.2. The van der Waals surface area contributed by atoms with Crippen molar-refractivity contribution in [2.75, 3.05) is 39.5 Å². The number of ether oxygens (including phenoxy) is 2. The highest BCUT2D eigenvalue weighted by molar-refractivity contribution is 5.94. The summed E-state index contributed by atoms with van der Waals surface area (Å²) in [5.41, 5.74) is 8.97. The molecule has 0 aliphatic carbocycles. The lowest BCUT2D eigenvalue weighted by molar-refractivity contribution is 0.00674. The highest BCUT2D eigenvalue weighted by atomic mass is 16.5. The number of rotatable bonds is 13. The van der Waals surface area contributed by atoms with Crippen LogP contribution in [-0.2, 0) is 4.74 Å². The number of nitrogens with one attached hydrogen (secondary N) is 2. The Morgan fingerprint density at radius 1 is 1.40 bits per heavy atom. The summed E-state index contributed by atoms with van der Waals surface area (Å²) in [5.74, 6) is 0.273. The van der Waals surface area contributed by atoms with Gasteiger partial charge in [0.05, 0.1) is 13.2 Å². The van der Waals surface area contributed by atoms with Crippen LogP contribution in [0.3, 0.4) is 0 Å². The van der Waals surface area contributed by atoms with Crippen molar-refractivity contribution < 1.29 is 19.4 Å². The van der Waals surface area contributed by atoms with E-state index in [0.717, 1.165) is 13.0 Å². The van der Waals surface area contributed by atoms with E-state index < -0.39 is 6.23 Å². The first-order chi connectivity index (χ1) is 12.2. The maximum atomic E-state index is 12.1. The largest absolute Gasteiger partial charge is 0.491 e. The van der Waals surface area contributed by atoms with Crippen LogP contribution in [0.25, 0.3) is 10.4 Å². The van der Waals surface area contributed by atoms with Gasteiger partial charge in [-0.05, 0) is 36.7 Å². The van der Waals surface area contributed by atoms with Crippen molar-refractivity contribution in [3.05, 3.63) is 40.3 Å². The van der Waals surface area contributed by atoms with Crippen molar-refractivity contribution in [2.45, 2.75) is 19.6 Å². The van der Waals surface area contributed by atoms with Gasteiger partial charge in [0.15, 0.2) is 6.23 Å². The molecule has 9 nitrogen and oxygen atoms in total. The quantitative estimate of drug-likeness (QED) is 0.214. The maximum absolute atomic E-state index is 12.1. The zero-order valence-electron chi connectivity index (χ0n) is 14.4. The van der Waals surface area contributed by atoms with E-state index >= 15 is 0 Å². The SMILES string of the molecule is CCCNCCNC(=O)c1cccc(OCC(N=[N+]=[N-])OCCO)c1. The van der Waals surface area contributed by atoms with Crippen LogP contribution in [0.4, 0.5) is 0 Å². The predicted octanol–water partition coefficient (Wildman–Crippen LogP) is 1.44. The van der Waals surface area contributed by atoms with E-state index in [1.807, 2.05) is 0 Å². The fourth-order valence-electron chi connectivity index (χ4n) is 1.92. The number of benzene rings is 1. The lowest BCUT2D eigenvalue weighted by Gasteiger charge is -2.14. The fraction of sp³-hybridized carbons (Fsp3) is 0.562. The third-order valence-corrected chi connectivity index (χ3v) is 3.08.